The van der Waals surface area contributed by atoms with Crippen LogP contribution in [0.5, 0.6) is 0 Å². The summed E-state index contributed by atoms with van der Waals surface area (Å²) < 4.78 is 10.7. The van der Waals surface area contributed by atoms with E-state index >= 15 is 0 Å². The molecular formula is C12H22N2O2. The van der Waals surface area contributed by atoms with Crippen molar-refractivity contribution in [2.45, 2.75) is 32.5 Å². The fourth-order valence-electron chi connectivity index (χ4n) is 1.95. The van der Waals surface area contributed by atoms with Crippen LogP contribution in [0.4, 0.5) is 0 Å². The lowest BCUT2D eigenvalue weighted by molar-refractivity contribution is -0.00461. The molecule has 0 radical (unpaired) electrons. The summed E-state index contributed by atoms with van der Waals surface area (Å²) in [4.78, 5) is 2.31. The van der Waals surface area contributed by atoms with Crippen LogP contribution in [-0.2, 0) is 9.47 Å². The summed E-state index contributed by atoms with van der Waals surface area (Å²) in [6, 6.07) is 2.33. The van der Waals surface area contributed by atoms with Crippen LogP contribution in [0.3, 0.4) is 0 Å². The average molecular weight is 226 g/mol. The van der Waals surface area contributed by atoms with E-state index in [0.717, 1.165) is 26.1 Å². The van der Waals surface area contributed by atoms with E-state index in [1.165, 1.54) is 0 Å². The van der Waals surface area contributed by atoms with Gasteiger partial charge in [-0.05, 0) is 26.8 Å². The van der Waals surface area contributed by atoms with Crippen LogP contribution in [0.2, 0.25) is 0 Å². The van der Waals surface area contributed by atoms with Crippen LogP contribution in [-0.4, -0.2) is 51.0 Å². The number of nitriles is 1. The van der Waals surface area contributed by atoms with Crippen LogP contribution in [0.1, 0.15) is 20.3 Å². The van der Waals surface area contributed by atoms with Crippen molar-refractivity contribution in [3.05, 3.63) is 0 Å². The molecule has 1 heterocycles. The van der Waals surface area contributed by atoms with Crippen LogP contribution in [0.25, 0.3) is 0 Å². The van der Waals surface area contributed by atoms with E-state index in [2.05, 4.69) is 11.0 Å². The number of hydrogen-bond donors (Lipinski definition) is 0. The fraction of sp³-hybridized carbons (Fsp3) is 0.917. The summed E-state index contributed by atoms with van der Waals surface area (Å²) in [6.07, 6.45) is 1.21. The molecule has 1 aliphatic heterocycles. The zero-order valence-corrected chi connectivity index (χ0v) is 10.7. The van der Waals surface area contributed by atoms with Crippen LogP contribution in [0.15, 0.2) is 0 Å². The van der Waals surface area contributed by atoms with Gasteiger partial charge in [0.25, 0.3) is 0 Å². The Labute approximate surface area is 98.1 Å². The molecule has 0 saturated carbocycles. The Morgan fingerprint density at radius 1 is 1.25 bits per heavy atom. The highest BCUT2D eigenvalue weighted by molar-refractivity contribution is 4.93. The van der Waals surface area contributed by atoms with Gasteiger partial charge in [0.2, 0.25) is 0 Å². The topological polar surface area (TPSA) is 45.5 Å². The Kier molecular flexibility index (Phi) is 4.72. The molecule has 2 atom stereocenters. The molecule has 1 fully saturated rings. The zero-order chi connectivity index (χ0) is 12.2. The lowest BCUT2D eigenvalue weighted by atomic mass is 9.91. The summed E-state index contributed by atoms with van der Waals surface area (Å²) in [5, 5.41) is 8.95. The molecule has 0 aromatic rings. The van der Waals surface area contributed by atoms with Crippen molar-refractivity contribution in [3.63, 3.8) is 0 Å². The summed E-state index contributed by atoms with van der Waals surface area (Å²) in [5.74, 6) is 0. The van der Waals surface area contributed by atoms with Gasteiger partial charge in [-0.15, -0.1) is 0 Å². The predicted molar refractivity (Wildman–Crippen MR) is 62.0 cm³/mol. The third kappa shape index (κ3) is 3.44. The maximum absolute atomic E-state index is 8.95. The van der Waals surface area contributed by atoms with Gasteiger partial charge in [0.05, 0.1) is 23.7 Å². The van der Waals surface area contributed by atoms with Gasteiger partial charge in [0.1, 0.15) is 0 Å². The number of rotatable bonds is 5. The van der Waals surface area contributed by atoms with Crippen molar-refractivity contribution >= 4 is 0 Å². The largest absolute Gasteiger partial charge is 0.377 e. The number of ether oxygens (including phenoxy) is 2. The minimum absolute atomic E-state index is 0.162. The second kappa shape index (κ2) is 5.62. The molecule has 92 valence electrons. The Morgan fingerprint density at radius 2 is 1.75 bits per heavy atom. The van der Waals surface area contributed by atoms with Crippen LogP contribution in [0, 0.1) is 16.7 Å². The number of nitrogens with zero attached hydrogens (tertiary/aromatic N) is 2. The molecular weight excluding hydrogens is 204 g/mol. The summed E-state index contributed by atoms with van der Waals surface area (Å²) in [7, 11) is 3.44. The van der Waals surface area contributed by atoms with Gasteiger partial charge in [-0.2, -0.15) is 5.26 Å². The second-order valence-corrected chi connectivity index (χ2v) is 5.05. The lowest BCUT2D eigenvalue weighted by Gasteiger charge is -2.20. The molecule has 0 bridgehead atoms. The molecule has 4 nitrogen and oxygen atoms in total. The first-order valence-corrected chi connectivity index (χ1v) is 5.71. The molecule has 16 heavy (non-hydrogen) atoms. The van der Waals surface area contributed by atoms with Gasteiger partial charge in [-0.3, -0.25) is 4.90 Å². The molecule has 1 rings (SSSR count). The second-order valence-electron chi connectivity index (χ2n) is 5.05. The lowest BCUT2D eigenvalue weighted by Crippen LogP contribution is -2.27. The third-order valence-corrected chi connectivity index (χ3v) is 3.25. The summed E-state index contributed by atoms with van der Waals surface area (Å²) in [6.45, 7) is 6.68. The smallest absolute Gasteiger partial charge is 0.0971 e. The van der Waals surface area contributed by atoms with E-state index in [-0.39, 0.29) is 17.6 Å². The molecule has 0 spiro atoms. The maximum atomic E-state index is 8.95. The molecule has 0 amide bonds. The Balaban J connectivity index is 2.39. The van der Waals surface area contributed by atoms with E-state index in [1.807, 2.05) is 13.8 Å². The van der Waals surface area contributed by atoms with Gasteiger partial charge < -0.3 is 9.47 Å². The van der Waals surface area contributed by atoms with E-state index in [9.17, 15) is 0 Å². The third-order valence-electron chi connectivity index (χ3n) is 3.25. The molecule has 0 N–H and O–H groups in total. The first-order chi connectivity index (χ1) is 7.52. The normalized spacial score (nSPS) is 26.9. The standard InChI is InChI=1S/C12H22N2O2/c1-12(2,9-13)5-6-14-7-10(15-3)11(8-14)16-4/h10-11H,5-8H2,1-4H3. The molecule has 1 saturated heterocycles. The highest BCUT2D eigenvalue weighted by Gasteiger charge is 2.33. The Hall–Kier alpha value is -0.630. The van der Waals surface area contributed by atoms with Gasteiger partial charge >= 0.3 is 0 Å². The maximum Gasteiger partial charge on any atom is 0.0971 e. The number of hydrogen-bond acceptors (Lipinski definition) is 4. The van der Waals surface area contributed by atoms with E-state index in [1.54, 1.807) is 14.2 Å². The van der Waals surface area contributed by atoms with Crippen molar-refractivity contribution < 1.29 is 9.47 Å². The molecule has 0 aromatic carbocycles. The summed E-state index contributed by atoms with van der Waals surface area (Å²) in [5.41, 5.74) is -0.242. The fourth-order valence-corrected chi connectivity index (χ4v) is 1.95. The Bertz CT molecular complexity index is 248. The van der Waals surface area contributed by atoms with Crippen LogP contribution >= 0.6 is 0 Å². The highest BCUT2D eigenvalue weighted by atomic mass is 16.5. The molecule has 1 aliphatic rings. The number of likely N-dealkylation sites (tertiary alicyclic amines) is 1. The van der Waals surface area contributed by atoms with Gasteiger partial charge in [0.15, 0.2) is 0 Å². The molecule has 4 heteroatoms. The quantitative estimate of drug-likeness (QED) is 0.708. The first kappa shape index (κ1) is 13.4. The highest BCUT2D eigenvalue weighted by Crippen LogP contribution is 2.22. The minimum Gasteiger partial charge on any atom is -0.377 e. The van der Waals surface area contributed by atoms with Crippen LogP contribution < -0.4 is 0 Å². The Morgan fingerprint density at radius 3 is 2.12 bits per heavy atom. The van der Waals surface area contributed by atoms with Gasteiger partial charge in [-0.1, -0.05) is 0 Å². The number of methoxy groups -OCH3 is 2. The molecule has 0 aromatic heterocycles. The van der Waals surface area contributed by atoms with E-state index in [4.69, 9.17) is 14.7 Å². The predicted octanol–water partition coefficient (Wildman–Crippen LogP) is 1.27. The summed E-state index contributed by atoms with van der Waals surface area (Å²) >= 11 is 0. The van der Waals surface area contributed by atoms with Gasteiger partial charge in [-0.25, -0.2) is 0 Å². The first-order valence-electron chi connectivity index (χ1n) is 5.71. The van der Waals surface area contributed by atoms with Crippen molar-refractivity contribution in [1.29, 1.82) is 5.26 Å². The van der Waals surface area contributed by atoms with Gasteiger partial charge in [0, 0.05) is 27.3 Å². The SMILES string of the molecule is COC1CN(CCC(C)(C)C#N)CC1OC. The van der Waals surface area contributed by atoms with E-state index < -0.39 is 0 Å². The van der Waals surface area contributed by atoms with Crippen molar-refractivity contribution in [2.24, 2.45) is 5.41 Å². The minimum atomic E-state index is -0.242. The van der Waals surface area contributed by atoms with Crippen molar-refractivity contribution in [1.82, 2.24) is 4.90 Å². The van der Waals surface area contributed by atoms with Crippen molar-refractivity contribution in [2.75, 3.05) is 33.9 Å². The van der Waals surface area contributed by atoms with E-state index in [0.29, 0.717) is 0 Å². The van der Waals surface area contributed by atoms with Crippen molar-refractivity contribution in [3.8, 4) is 6.07 Å². The zero-order valence-electron chi connectivity index (χ0n) is 10.7. The molecule has 2 unspecified atom stereocenters. The average Bonchev–Trinajstić information content (AvgIpc) is 2.69. The molecule has 0 aliphatic carbocycles. The monoisotopic (exact) mass is 226 g/mol.